The summed E-state index contributed by atoms with van der Waals surface area (Å²) in [5, 5.41) is 12.5. The summed E-state index contributed by atoms with van der Waals surface area (Å²) in [6.07, 6.45) is 1.53. The summed E-state index contributed by atoms with van der Waals surface area (Å²) in [5.74, 6) is 0.152. The lowest BCUT2D eigenvalue weighted by Crippen LogP contribution is -2.02. The Balaban J connectivity index is 2.16. The fourth-order valence-corrected chi connectivity index (χ4v) is 1.47. The van der Waals surface area contributed by atoms with Crippen molar-refractivity contribution in [2.75, 3.05) is 0 Å². The summed E-state index contributed by atoms with van der Waals surface area (Å²) in [7, 11) is 0. The number of carboxylic acids is 1. The average Bonchev–Trinajstić information content (AvgIpc) is 2.80. The highest BCUT2D eigenvalue weighted by molar-refractivity contribution is 5.90. The van der Waals surface area contributed by atoms with Crippen LogP contribution < -0.4 is 4.74 Å². The SMILES string of the molecule is Cc1c(OCc2ccno2)cccc1C(=O)O. The zero-order valence-corrected chi connectivity index (χ0v) is 9.21. The topological polar surface area (TPSA) is 72.6 Å². The van der Waals surface area contributed by atoms with Crippen LogP contribution >= 0.6 is 0 Å². The van der Waals surface area contributed by atoms with Crippen molar-refractivity contribution >= 4 is 5.97 Å². The maximum Gasteiger partial charge on any atom is 0.336 e. The first-order valence-electron chi connectivity index (χ1n) is 5.04. The fourth-order valence-electron chi connectivity index (χ4n) is 1.47. The van der Waals surface area contributed by atoms with E-state index in [1.165, 1.54) is 6.20 Å². The zero-order valence-electron chi connectivity index (χ0n) is 9.21. The highest BCUT2D eigenvalue weighted by atomic mass is 16.5. The molecule has 0 fully saturated rings. The van der Waals surface area contributed by atoms with Crippen molar-refractivity contribution in [2.45, 2.75) is 13.5 Å². The van der Waals surface area contributed by atoms with Crippen LogP contribution in [0.3, 0.4) is 0 Å². The van der Waals surface area contributed by atoms with Crippen molar-refractivity contribution in [1.82, 2.24) is 5.16 Å². The van der Waals surface area contributed by atoms with Crippen LogP contribution in [-0.2, 0) is 6.61 Å². The van der Waals surface area contributed by atoms with Crippen molar-refractivity contribution < 1.29 is 19.2 Å². The Kier molecular flexibility index (Phi) is 3.09. The molecule has 0 amide bonds. The van der Waals surface area contributed by atoms with Crippen LogP contribution in [0.15, 0.2) is 35.0 Å². The average molecular weight is 233 g/mol. The molecular formula is C12H11NO4. The van der Waals surface area contributed by atoms with E-state index >= 15 is 0 Å². The summed E-state index contributed by atoms with van der Waals surface area (Å²) >= 11 is 0. The number of nitrogens with zero attached hydrogens (tertiary/aromatic N) is 1. The number of carbonyl (C=O) groups is 1. The van der Waals surface area contributed by atoms with E-state index in [2.05, 4.69) is 5.16 Å². The Morgan fingerprint density at radius 3 is 2.94 bits per heavy atom. The van der Waals surface area contributed by atoms with E-state index in [9.17, 15) is 4.79 Å². The van der Waals surface area contributed by atoms with Gasteiger partial charge in [-0.25, -0.2) is 4.79 Å². The first-order valence-corrected chi connectivity index (χ1v) is 5.04. The van der Waals surface area contributed by atoms with Crippen LogP contribution in [-0.4, -0.2) is 16.2 Å². The van der Waals surface area contributed by atoms with E-state index in [1.807, 2.05) is 0 Å². The molecule has 1 aromatic carbocycles. The molecule has 0 spiro atoms. The Bertz CT molecular complexity index is 519. The summed E-state index contributed by atoms with van der Waals surface area (Å²) in [5.41, 5.74) is 0.833. The quantitative estimate of drug-likeness (QED) is 0.876. The highest BCUT2D eigenvalue weighted by Crippen LogP contribution is 2.22. The maximum atomic E-state index is 10.9. The molecule has 0 saturated carbocycles. The Labute approximate surface area is 97.6 Å². The Hall–Kier alpha value is -2.30. The summed E-state index contributed by atoms with van der Waals surface area (Å²) in [4.78, 5) is 10.9. The van der Waals surface area contributed by atoms with Gasteiger partial charge in [0.25, 0.3) is 0 Å². The molecule has 1 N–H and O–H groups in total. The van der Waals surface area contributed by atoms with Crippen LogP contribution in [0, 0.1) is 6.92 Å². The lowest BCUT2D eigenvalue weighted by molar-refractivity contribution is 0.0695. The van der Waals surface area contributed by atoms with E-state index in [0.717, 1.165) is 0 Å². The molecular weight excluding hydrogens is 222 g/mol. The van der Waals surface area contributed by atoms with Crippen molar-refractivity contribution in [3.63, 3.8) is 0 Å². The van der Waals surface area contributed by atoms with Gasteiger partial charge in [-0.3, -0.25) is 0 Å². The highest BCUT2D eigenvalue weighted by Gasteiger charge is 2.11. The number of aromatic nitrogens is 1. The smallest absolute Gasteiger partial charge is 0.336 e. The molecule has 88 valence electrons. The molecule has 5 heteroatoms. The van der Waals surface area contributed by atoms with Crippen molar-refractivity contribution in [3.8, 4) is 5.75 Å². The second-order valence-corrected chi connectivity index (χ2v) is 3.50. The van der Waals surface area contributed by atoms with Crippen LogP contribution in [0.2, 0.25) is 0 Å². The molecule has 0 atom stereocenters. The summed E-state index contributed by atoms with van der Waals surface area (Å²) in [6.45, 7) is 1.93. The standard InChI is InChI=1S/C12H11NO4/c1-8-10(12(14)15)3-2-4-11(8)16-7-9-5-6-13-17-9/h2-6H,7H2,1H3,(H,14,15). The summed E-state index contributed by atoms with van der Waals surface area (Å²) < 4.78 is 10.4. The van der Waals surface area contributed by atoms with Crippen LogP contribution in [0.25, 0.3) is 0 Å². The minimum Gasteiger partial charge on any atom is -0.485 e. The Morgan fingerprint density at radius 2 is 2.29 bits per heavy atom. The van der Waals surface area contributed by atoms with Gasteiger partial charge < -0.3 is 14.4 Å². The van der Waals surface area contributed by atoms with Crippen molar-refractivity contribution in [3.05, 3.63) is 47.3 Å². The zero-order chi connectivity index (χ0) is 12.3. The van der Waals surface area contributed by atoms with Gasteiger partial charge in [0.2, 0.25) is 0 Å². The second kappa shape index (κ2) is 4.69. The van der Waals surface area contributed by atoms with E-state index in [0.29, 0.717) is 17.1 Å². The number of aromatic carboxylic acids is 1. The lowest BCUT2D eigenvalue weighted by Gasteiger charge is -2.09. The first kappa shape index (κ1) is 11.2. The molecule has 2 aromatic rings. The molecule has 1 heterocycles. The fraction of sp³-hybridized carbons (Fsp3) is 0.167. The molecule has 5 nitrogen and oxygen atoms in total. The van der Waals surface area contributed by atoms with E-state index < -0.39 is 5.97 Å². The first-order chi connectivity index (χ1) is 8.18. The molecule has 0 bridgehead atoms. The number of hydrogen-bond acceptors (Lipinski definition) is 4. The lowest BCUT2D eigenvalue weighted by atomic mass is 10.1. The molecule has 0 aliphatic rings. The minimum atomic E-state index is -0.965. The normalized spacial score (nSPS) is 10.2. The predicted molar refractivity (Wildman–Crippen MR) is 59.0 cm³/mol. The third-order valence-electron chi connectivity index (χ3n) is 2.38. The molecule has 0 unspecified atom stereocenters. The number of benzene rings is 1. The molecule has 1 aromatic heterocycles. The second-order valence-electron chi connectivity index (χ2n) is 3.50. The molecule has 0 aliphatic heterocycles. The number of rotatable bonds is 4. The minimum absolute atomic E-state index is 0.226. The van der Waals surface area contributed by atoms with Gasteiger partial charge in [-0.1, -0.05) is 11.2 Å². The monoisotopic (exact) mass is 233 g/mol. The maximum absolute atomic E-state index is 10.9. The number of carboxylic acid groups (broad SMARTS) is 1. The predicted octanol–water partition coefficient (Wildman–Crippen LogP) is 2.26. The third kappa shape index (κ3) is 2.44. The van der Waals surface area contributed by atoms with Crippen LogP contribution in [0.5, 0.6) is 5.75 Å². The third-order valence-corrected chi connectivity index (χ3v) is 2.38. The van der Waals surface area contributed by atoms with E-state index in [4.69, 9.17) is 14.4 Å². The van der Waals surface area contributed by atoms with Gasteiger partial charge in [0.05, 0.1) is 11.8 Å². The van der Waals surface area contributed by atoms with E-state index in [1.54, 1.807) is 31.2 Å². The number of hydrogen-bond donors (Lipinski definition) is 1. The van der Waals surface area contributed by atoms with Crippen LogP contribution in [0.1, 0.15) is 21.7 Å². The number of ether oxygens (including phenoxy) is 1. The van der Waals surface area contributed by atoms with Gasteiger partial charge in [-0.2, -0.15) is 0 Å². The molecule has 0 saturated heterocycles. The van der Waals surface area contributed by atoms with Crippen molar-refractivity contribution in [1.29, 1.82) is 0 Å². The van der Waals surface area contributed by atoms with Gasteiger partial charge in [0.1, 0.15) is 12.4 Å². The molecule has 2 rings (SSSR count). The van der Waals surface area contributed by atoms with Crippen LogP contribution in [0.4, 0.5) is 0 Å². The van der Waals surface area contributed by atoms with Crippen molar-refractivity contribution in [2.24, 2.45) is 0 Å². The van der Waals surface area contributed by atoms with Gasteiger partial charge in [-0.15, -0.1) is 0 Å². The van der Waals surface area contributed by atoms with Gasteiger partial charge in [0, 0.05) is 11.6 Å². The van der Waals surface area contributed by atoms with E-state index in [-0.39, 0.29) is 12.2 Å². The molecule has 0 radical (unpaired) electrons. The van der Waals surface area contributed by atoms with Gasteiger partial charge in [-0.05, 0) is 19.1 Å². The Morgan fingerprint density at radius 1 is 1.47 bits per heavy atom. The molecule has 0 aliphatic carbocycles. The largest absolute Gasteiger partial charge is 0.485 e. The van der Waals surface area contributed by atoms with Gasteiger partial charge >= 0.3 is 5.97 Å². The summed E-state index contributed by atoms with van der Waals surface area (Å²) in [6, 6.07) is 6.60. The molecule has 17 heavy (non-hydrogen) atoms. The van der Waals surface area contributed by atoms with Gasteiger partial charge in [0.15, 0.2) is 5.76 Å².